The molecule has 0 aliphatic rings. The van der Waals surface area contributed by atoms with Crippen LogP contribution in [-0.4, -0.2) is 18.1 Å². The van der Waals surface area contributed by atoms with Crippen LogP contribution in [0.4, 0.5) is 0 Å². The van der Waals surface area contributed by atoms with E-state index in [2.05, 4.69) is 9.72 Å². The normalized spacial score (nSPS) is 11.0. The van der Waals surface area contributed by atoms with E-state index in [1.165, 1.54) is 7.11 Å². The van der Waals surface area contributed by atoms with E-state index in [4.69, 9.17) is 4.42 Å². The van der Waals surface area contributed by atoms with Crippen molar-refractivity contribution in [3.63, 3.8) is 0 Å². The first-order chi connectivity index (χ1) is 10.1. The molecule has 5 nitrogen and oxygen atoms in total. The van der Waals surface area contributed by atoms with Gasteiger partial charge in [0, 0.05) is 0 Å². The highest BCUT2D eigenvalue weighted by Crippen LogP contribution is 2.19. The van der Waals surface area contributed by atoms with Crippen molar-refractivity contribution in [1.82, 2.24) is 4.98 Å². The number of benzene rings is 1. The number of ether oxygens (including phenoxy) is 1. The van der Waals surface area contributed by atoms with Crippen molar-refractivity contribution < 1.29 is 13.9 Å². The summed E-state index contributed by atoms with van der Waals surface area (Å²) in [5.41, 5.74) is 1.91. The highest BCUT2D eigenvalue weighted by Gasteiger charge is 2.13. The van der Waals surface area contributed by atoms with E-state index in [9.17, 15) is 9.59 Å². The number of hydrogen-bond acceptors (Lipinski definition) is 5. The van der Waals surface area contributed by atoms with Crippen LogP contribution in [0.1, 0.15) is 11.3 Å². The predicted octanol–water partition coefficient (Wildman–Crippen LogP) is 2.37. The minimum absolute atomic E-state index is 0.0504. The number of pyridine rings is 1. The van der Waals surface area contributed by atoms with Gasteiger partial charge in [-0.25, -0.2) is 4.98 Å². The molecule has 0 spiro atoms. The SMILES string of the molecule is COC(=O)Cc1nc2oc3ccccc3c(=O)c2cc1C. The van der Waals surface area contributed by atoms with Crippen molar-refractivity contribution in [3.8, 4) is 0 Å². The third kappa shape index (κ3) is 2.27. The Hall–Kier alpha value is -2.69. The topological polar surface area (TPSA) is 69.4 Å². The highest BCUT2D eigenvalue weighted by atomic mass is 16.5. The summed E-state index contributed by atoms with van der Waals surface area (Å²) in [6, 6.07) is 8.73. The molecule has 2 heterocycles. The molecule has 1 aromatic carbocycles. The predicted molar refractivity (Wildman–Crippen MR) is 78.2 cm³/mol. The van der Waals surface area contributed by atoms with Crippen molar-refractivity contribution >= 4 is 28.0 Å². The Morgan fingerprint density at radius 3 is 2.81 bits per heavy atom. The number of esters is 1. The van der Waals surface area contributed by atoms with Crippen molar-refractivity contribution in [3.05, 3.63) is 51.8 Å². The van der Waals surface area contributed by atoms with Gasteiger partial charge in [-0.2, -0.15) is 0 Å². The zero-order valence-corrected chi connectivity index (χ0v) is 11.7. The maximum atomic E-state index is 12.4. The highest BCUT2D eigenvalue weighted by molar-refractivity contribution is 5.88. The van der Waals surface area contributed by atoms with E-state index in [0.29, 0.717) is 22.0 Å². The Balaban J connectivity index is 2.28. The van der Waals surface area contributed by atoms with Crippen LogP contribution in [0, 0.1) is 6.92 Å². The van der Waals surface area contributed by atoms with Crippen LogP contribution in [0.3, 0.4) is 0 Å². The second-order valence-electron chi connectivity index (χ2n) is 4.78. The standard InChI is InChI=1S/C16H13NO4/c1-9-7-11-15(19)10-5-3-4-6-13(10)21-16(11)17-12(9)8-14(18)20-2/h3-7H,8H2,1-2H3. The second-order valence-corrected chi connectivity index (χ2v) is 4.78. The largest absolute Gasteiger partial charge is 0.469 e. The minimum Gasteiger partial charge on any atom is -0.469 e. The van der Waals surface area contributed by atoms with E-state index in [1.807, 2.05) is 0 Å². The Morgan fingerprint density at radius 1 is 1.29 bits per heavy atom. The van der Waals surface area contributed by atoms with Crippen molar-refractivity contribution in [1.29, 1.82) is 0 Å². The van der Waals surface area contributed by atoms with Gasteiger partial charge in [0.2, 0.25) is 11.1 Å². The van der Waals surface area contributed by atoms with E-state index in [-0.39, 0.29) is 23.5 Å². The number of para-hydroxylation sites is 1. The Bertz CT molecular complexity index is 911. The molecule has 0 unspecified atom stereocenters. The third-order valence-corrected chi connectivity index (χ3v) is 3.41. The molecule has 5 heteroatoms. The molecule has 0 saturated heterocycles. The monoisotopic (exact) mass is 283 g/mol. The molecular weight excluding hydrogens is 270 g/mol. The van der Waals surface area contributed by atoms with E-state index >= 15 is 0 Å². The van der Waals surface area contributed by atoms with Gasteiger partial charge in [0.05, 0.1) is 30.0 Å². The molecule has 0 aliphatic carbocycles. The first kappa shape index (κ1) is 13.3. The number of methoxy groups -OCH3 is 1. The van der Waals surface area contributed by atoms with E-state index in [1.54, 1.807) is 37.3 Å². The van der Waals surface area contributed by atoms with Crippen LogP contribution >= 0.6 is 0 Å². The van der Waals surface area contributed by atoms with Gasteiger partial charge in [0.25, 0.3) is 0 Å². The zero-order valence-electron chi connectivity index (χ0n) is 11.7. The van der Waals surface area contributed by atoms with Gasteiger partial charge < -0.3 is 9.15 Å². The number of carbonyl (C=O) groups excluding carboxylic acids is 1. The van der Waals surface area contributed by atoms with Crippen LogP contribution in [-0.2, 0) is 16.0 Å². The van der Waals surface area contributed by atoms with Crippen molar-refractivity contribution in [2.75, 3.05) is 7.11 Å². The summed E-state index contributed by atoms with van der Waals surface area (Å²) >= 11 is 0. The lowest BCUT2D eigenvalue weighted by molar-refractivity contribution is -0.139. The summed E-state index contributed by atoms with van der Waals surface area (Å²) in [6.07, 6.45) is 0.0504. The van der Waals surface area contributed by atoms with Crippen LogP contribution in [0.25, 0.3) is 22.1 Å². The summed E-state index contributed by atoms with van der Waals surface area (Å²) < 4.78 is 10.3. The number of aryl methyl sites for hydroxylation is 1. The summed E-state index contributed by atoms with van der Waals surface area (Å²) in [5.74, 6) is -0.381. The fourth-order valence-corrected chi connectivity index (χ4v) is 2.25. The summed E-state index contributed by atoms with van der Waals surface area (Å²) in [4.78, 5) is 28.1. The molecule has 0 saturated carbocycles. The number of hydrogen-bond donors (Lipinski definition) is 0. The van der Waals surface area contributed by atoms with E-state index < -0.39 is 0 Å². The Labute approximate surface area is 120 Å². The maximum absolute atomic E-state index is 12.4. The average Bonchev–Trinajstić information content (AvgIpc) is 2.49. The molecule has 21 heavy (non-hydrogen) atoms. The van der Waals surface area contributed by atoms with Crippen LogP contribution < -0.4 is 5.43 Å². The molecule has 0 radical (unpaired) electrons. The van der Waals surface area contributed by atoms with Gasteiger partial charge >= 0.3 is 5.97 Å². The first-order valence-electron chi connectivity index (χ1n) is 6.49. The molecule has 0 amide bonds. The molecule has 0 bridgehead atoms. The lowest BCUT2D eigenvalue weighted by atomic mass is 10.1. The smallest absolute Gasteiger partial charge is 0.311 e. The van der Waals surface area contributed by atoms with Crippen LogP contribution in [0.5, 0.6) is 0 Å². The van der Waals surface area contributed by atoms with Gasteiger partial charge in [0.15, 0.2) is 0 Å². The van der Waals surface area contributed by atoms with Crippen molar-refractivity contribution in [2.45, 2.75) is 13.3 Å². The molecule has 0 aliphatic heterocycles. The number of nitrogens with zero attached hydrogens (tertiary/aromatic N) is 1. The third-order valence-electron chi connectivity index (χ3n) is 3.41. The Kier molecular flexibility index (Phi) is 3.17. The first-order valence-corrected chi connectivity index (χ1v) is 6.49. The molecule has 3 aromatic rings. The number of carbonyl (C=O) groups is 1. The molecule has 0 fully saturated rings. The lowest BCUT2D eigenvalue weighted by Crippen LogP contribution is -2.10. The quantitative estimate of drug-likeness (QED) is 0.533. The maximum Gasteiger partial charge on any atom is 0.311 e. The van der Waals surface area contributed by atoms with Gasteiger partial charge in [0.1, 0.15) is 5.58 Å². The summed E-state index contributed by atoms with van der Waals surface area (Å²) in [5, 5.41) is 0.937. The van der Waals surface area contributed by atoms with Crippen LogP contribution in [0.2, 0.25) is 0 Å². The average molecular weight is 283 g/mol. The molecule has 0 atom stereocenters. The molecule has 3 rings (SSSR count). The second kappa shape index (κ2) is 5.01. The van der Waals surface area contributed by atoms with E-state index in [0.717, 1.165) is 5.56 Å². The van der Waals surface area contributed by atoms with Crippen molar-refractivity contribution in [2.24, 2.45) is 0 Å². The number of aromatic nitrogens is 1. The van der Waals surface area contributed by atoms with Gasteiger partial charge in [-0.05, 0) is 30.7 Å². The fraction of sp³-hybridized carbons (Fsp3) is 0.188. The van der Waals surface area contributed by atoms with Gasteiger partial charge in [-0.1, -0.05) is 12.1 Å². The fourth-order valence-electron chi connectivity index (χ4n) is 2.25. The minimum atomic E-state index is -0.381. The summed E-state index contributed by atoms with van der Waals surface area (Å²) in [6.45, 7) is 1.80. The molecular formula is C16H13NO4. The van der Waals surface area contributed by atoms with Gasteiger partial charge in [-0.15, -0.1) is 0 Å². The Morgan fingerprint density at radius 2 is 2.05 bits per heavy atom. The number of rotatable bonds is 2. The summed E-state index contributed by atoms with van der Waals surface area (Å²) in [7, 11) is 1.33. The zero-order chi connectivity index (χ0) is 15.0. The number of fused-ring (bicyclic) bond motifs is 2. The molecule has 2 aromatic heterocycles. The van der Waals surface area contributed by atoms with Crippen LogP contribution in [0.15, 0.2) is 39.5 Å². The molecule has 0 N–H and O–H groups in total. The molecule has 106 valence electrons. The van der Waals surface area contributed by atoms with Gasteiger partial charge in [-0.3, -0.25) is 9.59 Å². The lowest BCUT2D eigenvalue weighted by Gasteiger charge is -2.06.